The van der Waals surface area contributed by atoms with Gasteiger partial charge in [0.25, 0.3) is 0 Å². The molecule has 0 spiro atoms. The lowest BCUT2D eigenvalue weighted by atomic mass is 10.0. The average Bonchev–Trinajstić information content (AvgIpc) is 2.86. The van der Waals surface area contributed by atoms with Crippen molar-refractivity contribution in [3.8, 4) is 0 Å². The van der Waals surface area contributed by atoms with Gasteiger partial charge in [0.1, 0.15) is 6.54 Å². The van der Waals surface area contributed by atoms with Gasteiger partial charge < -0.3 is 15.2 Å². The molecule has 1 atom stereocenters. The number of nitrogens with zero attached hydrogens (tertiary/aromatic N) is 3. The molecular weight excluding hydrogens is 240 g/mol. The third-order valence-corrected chi connectivity index (χ3v) is 3.82. The van der Waals surface area contributed by atoms with Crippen LogP contribution in [0.25, 0.3) is 0 Å². The van der Waals surface area contributed by atoms with E-state index in [1.165, 1.54) is 6.42 Å². The molecule has 1 saturated heterocycles. The molecule has 2 N–H and O–H groups in total. The summed E-state index contributed by atoms with van der Waals surface area (Å²) in [4.78, 5) is 18.3. The molecule has 1 aliphatic heterocycles. The first-order chi connectivity index (χ1) is 9.09. The fourth-order valence-corrected chi connectivity index (χ4v) is 2.47. The maximum atomic E-state index is 12.2. The number of hydrogen-bond acceptors (Lipinski definition) is 3. The van der Waals surface area contributed by atoms with Crippen LogP contribution in [0, 0.1) is 5.92 Å². The van der Waals surface area contributed by atoms with E-state index >= 15 is 0 Å². The number of likely N-dealkylation sites (tertiary alicyclic amines) is 1. The van der Waals surface area contributed by atoms with E-state index in [1.54, 1.807) is 12.5 Å². The van der Waals surface area contributed by atoms with Crippen molar-refractivity contribution < 1.29 is 4.79 Å². The molecule has 0 saturated carbocycles. The molecule has 2 heterocycles. The summed E-state index contributed by atoms with van der Waals surface area (Å²) >= 11 is 0. The van der Waals surface area contributed by atoms with Gasteiger partial charge in [0, 0.05) is 25.3 Å². The molecule has 19 heavy (non-hydrogen) atoms. The number of carbonyl (C=O) groups excluding carboxylic acids is 1. The van der Waals surface area contributed by atoms with E-state index in [0.717, 1.165) is 31.6 Å². The maximum Gasteiger partial charge on any atom is 0.242 e. The molecule has 5 nitrogen and oxygen atoms in total. The predicted octanol–water partition coefficient (Wildman–Crippen LogP) is 1.55. The molecule has 0 aromatic carbocycles. The lowest BCUT2D eigenvalue weighted by Crippen LogP contribution is -2.38. The number of carbonyl (C=O) groups is 1. The Labute approximate surface area is 114 Å². The van der Waals surface area contributed by atoms with Crippen molar-refractivity contribution in [2.75, 3.05) is 13.1 Å². The summed E-state index contributed by atoms with van der Waals surface area (Å²) in [6.07, 6.45) is 6.95. The van der Waals surface area contributed by atoms with Crippen LogP contribution < -0.4 is 5.73 Å². The van der Waals surface area contributed by atoms with Crippen LogP contribution >= 0.6 is 0 Å². The van der Waals surface area contributed by atoms with Crippen LogP contribution in [0.2, 0.25) is 0 Å². The normalized spacial score (nSPS) is 17.8. The summed E-state index contributed by atoms with van der Waals surface area (Å²) in [5.74, 6) is 0.510. The smallest absolute Gasteiger partial charge is 0.242 e. The lowest BCUT2D eigenvalue weighted by Gasteiger charge is -2.27. The quantitative estimate of drug-likeness (QED) is 0.897. The molecule has 1 unspecified atom stereocenters. The van der Waals surface area contributed by atoms with Gasteiger partial charge in [-0.1, -0.05) is 13.8 Å². The number of amides is 1. The van der Waals surface area contributed by atoms with Crippen LogP contribution in [0.1, 0.15) is 44.8 Å². The van der Waals surface area contributed by atoms with Crippen LogP contribution in [-0.4, -0.2) is 33.4 Å². The van der Waals surface area contributed by atoms with Gasteiger partial charge in [-0.3, -0.25) is 4.79 Å². The second kappa shape index (κ2) is 6.19. The average molecular weight is 264 g/mol. The largest absolute Gasteiger partial charge is 0.341 e. The third-order valence-electron chi connectivity index (χ3n) is 3.82. The van der Waals surface area contributed by atoms with Gasteiger partial charge in [-0.05, 0) is 25.2 Å². The second-order valence-electron chi connectivity index (χ2n) is 5.66. The van der Waals surface area contributed by atoms with Crippen LogP contribution in [0.5, 0.6) is 0 Å². The summed E-state index contributed by atoms with van der Waals surface area (Å²) in [5, 5.41) is 0. The van der Waals surface area contributed by atoms with Gasteiger partial charge in [0.2, 0.25) is 5.91 Å². The third kappa shape index (κ3) is 3.35. The van der Waals surface area contributed by atoms with Gasteiger partial charge >= 0.3 is 0 Å². The Kier molecular flexibility index (Phi) is 4.58. The first-order valence-electron chi connectivity index (χ1n) is 7.13. The summed E-state index contributed by atoms with van der Waals surface area (Å²) in [5.41, 5.74) is 7.10. The van der Waals surface area contributed by atoms with Crippen molar-refractivity contribution in [2.24, 2.45) is 11.7 Å². The zero-order valence-electron chi connectivity index (χ0n) is 11.9. The fourth-order valence-electron chi connectivity index (χ4n) is 2.47. The highest BCUT2D eigenvalue weighted by Crippen LogP contribution is 2.18. The van der Waals surface area contributed by atoms with Crippen molar-refractivity contribution in [2.45, 2.75) is 45.7 Å². The number of nitrogens with two attached hydrogens (primary N) is 1. The summed E-state index contributed by atoms with van der Waals surface area (Å²) in [7, 11) is 0. The molecule has 106 valence electrons. The van der Waals surface area contributed by atoms with Crippen LogP contribution in [0.3, 0.4) is 0 Å². The number of rotatable bonds is 4. The topological polar surface area (TPSA) is 64.1 Å². The van der Waals surface area contributed by atoms with Crippen molar-refractivity contribution in [3.05, 3.63) is 18.2 Å². The van der Waals surface area contributed by atoms with Crippen LogP contribution in [0.15, 0.2) is 12.5 Å². The molecule has 1 aromatic heterocycles. The van der Waals surface area contributed by atoms with Crippen molar-refractivity contribution >= 4 is 5.91 Å². The summed E-state index contributed by atoms with van der Waals surface area (Å²) in [6.45, 7) is 6.29. The molecular formula is C14H24N4O. The number of piperidine rings is 1. The van der Waals surface area contributed by atoms with E-state index in [0.29, 0.717) is 12.5 Å². The molecule has 0 bridgehead atoms. The summed E-state index contributed by atoms with van der Waals surface area (Å²) < 4.78 is 1.89. The minimum atomic E-state index is -0.0725. The first kappa shape index (κ1) is 14.1. The Morgan fingerprint density at radius 1 is 1.37 bits per heavy atom. The Bertz CT molecular complexity index is 421. The number of hydrogen-bond donors (Lipinski definition) is 1. The molecule has 2 rings (SSSR count). The van der Waals surface area contributed by atoms with E-state index in [9.17, 15) is 4.79 Å². The van der Waals surface area contributed by atoms with Crippen LogP contribution in [0.4, 0.5) is 0 Å². The number of imidazole rings is 1. The van der Waals surface area contributed by atoms with E-state index in [1.807, 2.05) is 9.47 Å². The van der Waals surface area contributed by atoms with Crippen molar-refractivity contribution in [1.29, 1.82) is 0 Å². The van der Waals surface area contributed by atoms with Gasteiger partial charge in [-0.25, -0.2) is 4.98 Å². The Morgan fingerprint density at radius 2 is 2.05 bits per heavy atom. The van der Waals surface area contributed by atoms with E-state index in [2.05, 4.69) is 18.8 Å². The molecule has 1 fully saturated rings. The Hall–Kier alpha value is -1.36. The minimum Gasteiger partial charge on any atom is -0.341 e. The molecule has 5 heteroatoms. The molecule has 1 amide bonds. The van der Waals surface area contributed by atoms with E-state index < -0.39 is 0 Å². The monoisotopic (exact) mass is 264 g/mol. The zero-order chi connectivity index (χ0) is 13.8. The Morgan fingerprint density at radius 3 is 2.68 bits per heavy atom. The fraction of sp³-hybridized carbons (Fsp3) is 0.714. The molecule has 0 aliphatic carbocycles. The van der Waals surface area contributed by atoms with E-state index in [4.69, 9.17) is 5.73 Å². The van der Waals surface area contributed by atoms with Crippen LogP contribution in [-0.2, 0) is 11.3 Å². The molecule has 1 aromatic rings. The SMILES string of the molecule is CC(C)C(N)c1cncn1CC(=O)N1CCCCC1. The second-order valence-corrected chi connectivity index (χ2v) is 5.66. The lowest BCUT2D eigenvalue weighted by molar-refractivity contribution is -0.132. The summed E-state index contributed by atoms with van der Waals surface area (Å²) in [6, 6.07) is -0.0725. The van der Waals surface area contributed by atoms with Gasteiger partial charge in [0.15, 0.2) is 0 Å². The molecule has 1 aliphatic rings. The first-order valence-corrected chi connectivity index (χ1v) is 7.13. The standard InChI is InChI=1S/C14H24N4O/c1-11(2)14(15)12-8-16-10-18(12)9-13(19)17-6-4-3-5-7-17/h8,10-11,14H,3-7,9,15H2,1-2H3. The van der Waals surface area contributed by atoms with Crippen molar-refractivity contribution in [1.82, 2.24) is 14.5 Å². The maximum absolute atomic E-state index is 12.2. The minimum absolute atomic E-state index is 0.0725. The Balaban J connectivity index is 2.02. The highest BCUT2D eigenvalue weighted by Gasteiger charge is 2.20. The van der Waals surface area contributed by atoms with E-state index in [-0.39, 0.29) is 11.9 Å². The number of aromatic nitrogens is 2. The van der Waals surface area contributed by atoms with Crippen molar-refractivity contribution in [3.63, 3.8) is 0 Å². The van der Waals surface area contributed by atoms with Gasteiger partial charge in [-0.2, -0.15) is 0 Å². The molecule has 0 radical (unpaired) electrons. The van der Waals surface area contributed by atoms with Gasteiger partial charge in [-0.15, -0.1) is 0 Å². The zero-order valence-corrected chi connectivity index (χ0v) is 11.9. The highest BCUT2D eigenvalue weighted by atomic mass is 16.2. The highest BCUT2D eigenvalue weighted by molar-refractivity contribution is 5.76. The predicted molar refractivity (Wildman–Crippen MR) is 74.4 cm³/mol. The van der Waals surface area contributed by atoms with Gasteiger partial charge in [0.05, 0.1) is 12.0 Å².